The number of hydrogen-bond donors (Lipinski definition) is 1. The third-order valence-electron chi connectivity index (χ3n) is 4.10. The molecule has 1 N–H and O–H groups in total. The smallest absolute Gasteiger partial charge is 0.123 e. The summed E-state index contributed by atoms with van der Waals surface area (Å²) in [6.07, 6.45) is 2.04. The molecule has 1 heterocycles. The van der Waals surface area contributed by atoms with Gasteiger partial charge >= 0.3 is 0 Å². The minimum absolute atomic E-state index is 0.820. The average Bonchev–Trinajstić information content (AvgIpc) is 2.89. The molecule has 0 saturated heterocycles. The summed E-state index contributed by atoms with van der Waals surface area (Å²) in [5, 5.41) is 11.7. The Balaban J connectivity index is 2.37. The van der Waals surface area contributed by atoms with Crippen LogP contribution in [0.25, 0.3) is 16.6 Å². The molecule has 0 spiro atoms. The van der Waals surface area contributed by atoms with Crippen LogP contribution in [0.4, 0.5) is 0 Å². The number of aliphatic hydroxyl groups is 1. The van der Waals surface area contributed by atoms with Crippen molar-refractivity contribution in [2.24, 2.45) is 0 Å². The van der Waals surface area contributed by atoms with E-state index in [1.807, 2.05) is 51.2 Å². The third-order valence-corrected chi connectivity index (χ3v) is 4.10. The second-order valence-corrected chi connectivity index (χ2v) is 6.09. The summed E-state index contributed by atoms with van der Waals surface area (Å²) < 4.78 is 7.59. The van der Waals surface area contributed by atoms with Crippen molar-refractivity contribution in [3.8, 4) is 11.4 Å². The lowest BCUT2D eigenvalue weighted by molar-refractivity contribution is 0.0784. The van der Waals surface area contributed by atoms with Gasteiger partial charge in [-0.3, -0.25) is 0 Å². The van der Waals surface area contributed by atoms with Crippen LogP contribution in [-0.4, -0.2) is 16.8 Å². The summed E-state index contributed by atoms with van der Waals surface area (Å²) in [6, 6.07) is 14.2. The molecule has 114 valence electrons. The van der Waals surface area contributed by atoms with E-state index in [0.717, 1.165) is 28.1 Å². The van der Waals surface area contributed by atoms with Crippen molar-refractivity contribution in [1.29, 1.82) is 0 Å². The number of nitrogens with zero attached hydrogens (tertiary/aromatic N) is 1. The second kappa shape index (κ2) is 5.18. The number of fused-ring (bicyclic) bond motifs is 1. The van der Waals surface area contributed by atoms with Gasteiger partial charge in [0, 0.05) is 17.3 Å². The van der Waals surface area contributed by atoms with Gasteiger partial charge in [-0.1, -0.05) is 24.3 Å². The highest BCUT2D eigenvalue weighted by molar-refractivity contribution is 5.82. The molecule has 1 aromatic heterocycles. The van der Waals surface area contributed by atoms with Gasteiger partial charge in [0.05, 0.1) is 23.9 Å². The van der Waals surface area contributed by atoms with Crippen LogP contribution >= 0.6 is 0 Å². The Bertz CT molecular complexity index is 825. The van der Waals surface area contributed by atoms with Crippen molar-refractivity contribution in [3.05, 3.63) is 59.8 Å². The fourth-order valence-corrected chi connectivity index (χ4v) is 2.98. The molecule has 22 heavy (non-hydrogen) atoms. The fraction of sp³-hybridized carbons (Fsp3) is 0.263. The molecule has 0 amide bonds. The molecular weight excluding hydrogens is 274 g/mol. The van der Waals surface area contributed by atoms with Crippen LogP contribution in [-0.2, 0) is 5.60 Å². The Morgan fingerprint density at radius 1 is 1.05 bits per heavy atom. The Kier molecular flexibility index (Phi) is 3.45. The first kappa shape index (κ1) is 14.7. The predicted octanol–water partition coefficient (Wildman–Crippen LogP) is 4.17. The van der Waals surface area contributed by atoms with Crippen molar-refractivity contribution >= 4 is 10.9 Å². The molecule has 2 aromatic carbocycles. The van der Waals surface area contributed by atoms with Crippen LogP contribution < -0.4 is 4.74 Å². The van der Waals surface area contributed by atoms with E-state index in [4.69, 9.17) is 4.74 Å². The molecule has 0 atom stereocenters. The standard InChI is InChI=1S/C19H21NO2/c1-13-17(22-4)10-9-15(19(2,3)21)18(13)20-12-11-14-7-5-6-8-16(14)20/h5-12,21H,1-4H3. The lowest BCUT2D eigenvalue weighted by Gasteiger charge is -2.25. The van der Waals surface area contributed by atoms with Gasteiger partial charge in [0.15, 0.2) is 0 Å². The van der Waals surface area contributed by atoms with Crippen LogP contribution in [0, 0.1) is 6.92 Å². The van der Waals surface area contributed by atoms with Crippen LogP contribution in [0.1, 0.15) is 25.0 Å². The maximum Gasteiger partial charge on any atom is 0.123 e. The molecular formula is C19H21NO2. The topological polar surface area (TPSA) is 34.4 Å². The van der Waals surface area contributed by atoms with Crippen LogP contribution in [0.5, 0.6) is 5.75 Å². The van der Waals surface area contributed by atoms with Gasteiger partial charge in [0.2, 0.25) is 0 Å². The second-order valence-electron chi connectivity index (χ2n) is 6.09. The van der Waals surface area contributed by atoms with Gasteiger partial charge < -0.3 is 14.4 Å². The van der Waals surface area contributed by atoms with E-state index >= 15 is 0 Å². The number of benzene rings is 2. The highest BCUT2D eigenvalue weighted by atomic mass is 16.5. The summed E-state index contributed by atoms with van der Waals surface area (Å²) in [7, 11) is 1.67. The Morgan fingerprint density at radius 2 is 1.77 bits per heavy atom. The summed E-state index contributed by atoms with van der Waals surface area (Å²) in [5.41, 5.74) is 3.06. The number of methoxy groups -OCH3 is 1. The van der Waals surface area contributed by atoms with E-state index in [1.165, 1.54) is 5.39 Å². The van der Waals surface area contributed by atoms with Gasteiger partial charge in [0.25, 0.3) is 0 Å². The minimum Gasteiger partial charge on any atom is -0.496 e. The summed E-state index contributed by atoms with van der Waals surface area (Å²) in [6.45, 7) is 5.64. The molecule has 0 aliphatic rings. The molecule has 0 fully saturated rings. The average molecular weight is 295 g/mol. The Morgan fingerprint density at radius 3 is 2.45 bits per heavy atom. The molecule has 0 unspecified atom stereocenters. The van der Waals surface area contributed by atoms with E-state index < -0.39 is 5.60 Å². The minimum atomic E-state index is -0.933. The molecule has 0 aliphatic heterocycles. The Labute approximate surface area is 130 Å². The van der Waals surface area contributed by atoms with Gasteiger partial charge in [0.1, 0.15) is 5.75 Å². The van der Waals surface area contributed by atoms with Crippen molar-refractivity contribution in [2.45, 2.75) is 26.4 Å². The van der Waals surface area contributed by atoms with Crippen molar-refractivity contribution < 1.29 is 9.84 Å². The lowest BCUT2D eigenvalue weighted by Crippen LogP contribution is -2.19. The van der Waals surface area contributed by atoms with E-state index in [9.17, 15) is 5.11 Å². The van der Waals surface area contributed by atoms with Gasteiger partial charge in [-0.05, 0) is 44.4 Å². The van der Waals surface area contributed by atoms with E-state index in [0.29, 0.717) is 0 Å². The van der Waals surface area contributed by atoms with Crippen LogP contribution in [0.15, 0.2) is 48.7 Å². The summed E-state index contributed by atoms with van der Waals surface area (Å²) >= 11 is 0. The fourth-order valence-electron chi connectivity index (χ4n) is 2.98. The molecule has 3 aromatic rings. The van der Waals surface area contributed by atoms with Gasteiger partial charge in [-0.15, -0.1) is 0 Å². The van der Waals surface area contributed by atoms with Crippen molar-refractivity contribution in [1.82, 2.24) is 4.57 Å². The molecule has 3 rings (SSSR count). The van der Waals surface area contributed by atoms with Crippen molar-refractivity contribution in [2.75, 3.05) is 7.11 Å². The first-order valence-electron chi connectivity index (χ1n) is 7.40. The van der Waals surface area contributed by atoms with Gasteiger partial charge in [-0.25, -0.2) is 0 Å². The van der Waals surface area contributed by atoms with Crippen LogP contribution in [0.3, 0.4) is 0 Å². The Hall–Kier alpha value is -2.26. The molecule has 0 bridgehead atoms. The molecule has 3 nitrogen and oxygen atoms in total. The zero-order valence-corrected chi connectivity index (χ0v) is 13.4. The molecule has 3 heteroatoms. The monoisotopic (exact) mass is 295 g/mol. The maximum absolute atomic E-state index is 10.6. The third kappa shape index (κ3) is 2.28. The largest absolute Gasteiger partial charge is 0.496 e. The van der Waals surface area contributed by atoms with Crippen LogP contribution in [0.2, 0.25) is 0 Å². The molecule has 0 radical (unpaired) electrons. The normalized spacial score (nSPS) is 11.9. The van der Waals surface area contributed by atoms with E-state index in [2.05, 4.69) is 22.8 Å². The quantitative estimate of drug-likeness (QED) is 0.786. The van der Waals surface area contributed by atoms with E-state index in [-0.39, 0.29) is 0 Å². The number of aromatic nitrogens is 1. The van der Waals surface area contributed by atoms with Crippen molar-refractivity contribution in [3.63, 3.8) is 0 Å². The maximum atomic E-state index is 10.6. The zero-order chi connectivity index (χ0) is 15.9. The summed E-state index contributed by atoms with van der Waals surface area (Å²) in [4.78, 5) is 0. The number of hydrogen-bond acceptors (Lipinski definition) is 2. The first-order chi connectivity index (χ1) is 10.4. The highest BCUT2D eigenvalue weighted by Crippen LogP contribution is 2.36. The van der Waals surface area contributed by atoms with Gasteiger partial charge in [-0.2, -0.15) is 0 Å². The SMILES string of the molecule is COc1ccc(C(C)(C)O)c(-n2ccc3ccccc32)c1C. The van der Waals surface area contributed by atoms with E-state index in [1.54, 1.807) is 7.11 Å². The number of ether oxygens (including phenoxy) is 1. The summed E-state index contributed by atoms with van der Waals surface area (Å²) in [5.74, 6) is 0.820. The number of para-hydroxylation sites is 1. The zero-order valence-electron chi connectivity index (χ0n) is 13.4. The first-order valence-corrected chi connectivity index (χ1v) is 7.40. The lowest BCUT2D eigenvalue weighted by atomic mass is 9.93. The molecule has 0 aliphatic carbocycles. The highest BCUT2D eigenvalue weighted by Gasteiger charge is 2.24. The molecule has 0 saturated carbocycles. The number of rotatable bonds is 3. The predicted molar refractivity (Wildman–Crippen MR) is 89.8 cm³/mol.